The smallest absolute Gasteiger partial charge is 0.143 e. The first-order valence-corrected chi connectivity index (χ1v) is 8.85. The van der Waals surface area contributed by atoms with Crippen molar-refractivity contribution in [3.8, 4) is 11.1 Å². The number of anilines is 2. The van der Waals surface area contributed by atoms with E-state index < -0.39 is 0 Å². The van der Waals surface area contributed by atoms with E-state index in [2.05, 4.69) is 20.7 Å². The van der Waals surface area contributed by atoms with Crippen LogP contribution in [0.25, 0.3) is 21.3 Å². The maximum atomic E-state index is 6.00. The number of nitrogens with one attached hydrogen (secondary N) is 1. The van der Waals surface area contributed by atoms with E-state index in [1.807, 2.05) is 48.5 Å². The van der Waals surface area contributed by atoms with Gasteiger partial charge in [-0.15, -0.1) is 11.3 Å². The van der Waals surface area contributed by atoms with E-state index in [9.17, 15) is 0 Å². The zero-order chi connectivity index (χ0) is 16.5. The van der Waals surface area contributed by atoms with E-state index in [0.717, 1.165) is 32.8 Å². The Kier molecular flexibility index (Phi) is 4.10. The van der Waals surface area contributed by atoms with Gasteiger partial charge in [-0.25, -0.2) is 9.97 Å². The van der Waals surface area contributed by atoms with Crippen LogP contribution in [0.1, 0.15) is 0 Å². The highest BCUT2D eigenvalue weighted by atomic mass is 35.5. The summed E-state index contributed by atoms with van der Waals surface area (Å²) in [6.45, 7) is 0. The Balaban J connectivity index is 1.82. The first-order valence-electron chi connectivity index (χ1n) is 7.21. The van der Waals surface area contributed by atoms with Crippen LogP contribution < -0.4 is 5.32 Å². The molecule has 0 aliphatic rings. The number of fused-ring (bicyclic) bond motifs is 1. The molecule has 3 nitrogen and oxygen atoms in total. The molecule has 0 fully saturated rings. The van der Waals surface area contributed by atoms with Crippen molar-refractivity contribution in [1.29, 1.82) is 0 Å². The van der Waals surface area contributed by atoms with E-state index in [-0.39, 0.29) is 0 Å². The van der Waals surface area contributed by atoms with E-state index in [1.54, 1.807) is 17.7 Å². The number of rotatable bonds is 3. The molecule has 0 aliphatic heterocycles. The standard InChI is InChI=1S/C18H11Cl2N3S/c19-12-3-1-11(2-4-12)15-9-24-18-16(15)17(21-10-22-18)23-14-7-5-13(20)6-8-14/h1-10H,(H,21,22,23). The molecule has 0 amide bonds. The van der Waals surface area contributed by atoms with Crippen LogP contribution in [0.4, 0.5) is 11.5 Å². The third kappa shape index (κ3) is 2.96. The quantitative estimate of drug-likeness (QED) is 0.452. The highest BCUT2D eigenvalue weighted by molar-refractivity contribution is 7.17. The molecule has 4 aromatic rings. The maximum Gasteiger partial charge on any atom is 0.143 e. The predicted molar refractivity (Wildman–Crippen MR) is 103 cm³/mol. The van der Waals surface area contributed by atoms with Crippen molar-refractivity contribution in [2.75, 3.05) is 5.32 Å². The Labute approximate surface area is 152 Å². The molecule has 1 N–H and O–H groups in total. The second kappa shape index (κ2) is 6.40. The lowest BCUT2D eigenvalue weighted by atomic mass is 10.1. The Hall–Kier alpha value is -2.14. The van der Waals surface area contributed by atoms with E-state index in [4.69, 9.17) is 23.2 Å². The number of benzene rings is 2. The van der Waals surface area contributed by atoms with Crippen molar-refractivity contribution >= 4 is 56.3 Å². The summed E-state index contributed by atoms with van der Waals surface area (Å²) >= 11 is 13.5. The fourth-order valence-electron chi connectivity index (χ4n) is 2.48. The van der Waals surface area contributed by atoms with Gasteiger partial charge in [0.05, 0.1) is 5.39 Å². The van der Waals surface area contributed by atoms with E-state index >= 15 is 0 Å². The summed E-state index contributed by atoms with van der Waals surface area (Å²) in [5.41, 5.74) is 3.09. The van der Waals surface area contributed by atoms with Gasteiger partial charge < -0.3 is 5.32 Å². The van der Waals surface area contributed by atoms with Gasteiger partial charge in [-0.05, 0) is 42.0 Å². The van der Waals surface area contributed by atoms with Gasteiger partial charge in [0.1, 0.15) is 17.0 Å². The lowest BCUT2D eigenvalue weighted by Crippen LogP contribution is -1.95. The molecule has 0 unspecified atom stereocenters. The van der Waals surface area contributed by atoms with Crippen molar-refractivity contribution < 1.29 is 0 Å². The molecular formula is C18H11Cl2N3S. The van der Waals surface area contributed by atoms with Gasteiger partial charge in [-0.1, -0.05) is 35.3 Å². The van der Waals surface area contributed by atoms with Crippen molar-refractivity contribution in [3.05, 3.63) is 70.3 Å². The summed E-state index contributed by atoms with van der Waals surface area (Å²) in [6.07, 6.45) is 1.57. The minimum atomic E-state index is 0.700. The largest absolute Gasteiger partial charge is 0.340 e. The second-order valence-electron chi connectivity index (χ2n) is 5.19. The first kappa shape index (κ1) is 15.4. The molecule has 0 spiro atoms. The Bertz CT molecular complexity index is 995. The number of nitrogens with zero attached hydrogens (tertiary/aromatic N) is 2. The molecule has 118 valence electrons. The van der Waals surface area contributed by atoms with Gasteiger partial charge in [0.2, 0.25) is 0 Å². The van der Waals surface area contributed by atoms with E-state index in [0.29, 0.717) is 10.0 Å². The van der Waals surface area contributed by atoms with Crippen LogP contribution in [-0.4, -0.2) is 9.97 Å². The summed E-state index contributed by atoms with van der Waals surface area (Å²) in [5, 5.41) is 7.86. The van der Waals surface area contributed by atoms with Gasteiger partial charge in [0, 0.05) is 26.7 Å². The summed E-state index contributed by atoms with van der Waals surface area (Å²) < 4.78 is 0. The van der Waals surface area contributed by atoms with Crippen LogP contribution in [0.3, 0.4) is 0 Å². The normalized spacial score (nSPS) is 10.9. The van der Waals surface area contributed by atoms with Crippen LogP contribution in [-0.2, 0) is 0 Å². The average Bonchev–Trinajstić information content (AvgIpc) is 3.03. The monoisotopic (exact) mass is 371 g/mol. The Morgan fingerprint density at radius 3 is 2.21 bits per heavy atom. The van der Waals surface area contributed by atoms with Gasteiger partial charge in [0.15, 0.2) is 0 Å². The van der Waals surface area contributed by atoms with Crippen molar-refractivity contribution in [3.63, 3.8) is 0 Å². The van der Waals surface area contributed by atoms with Crippen molar-refractivity contribution in [2.24, 2.45) is 0 Å². The fourth-order valence-corrected chi connectivity index (χ4v) is 3.65. The lowest BCUT2D eigenvalue weighted by molar-refractivity contribution is 1.23. The number of hydrogen-bond donors (Lipinski definition) is 1. The minimum absolute atomic E-state index is 0.700. The highest BCUT2D eigenvalue weighted by Crippen LogP contribution is 2.37. The molecule has 0 saturated carbocycles. The molecule has 2 aromatic carbocycles. The topological polar surface area (TPSA) is 37.8 Å². The van der Waals surface area contributed by atoms with Crippen molar-refractivity contribution in [2.45, 2.75) is 0 Å². The molecule has 0 bridgehead atoms. The molecule has 0 radical (unpaired) electrons. The average molecular weight is 372 g/mol. The van der Waals surface area contributed by atoms with Crippen molar-refractivity contribution in [1.82, 2.24) is 9.97 Å². The Morgan fingerprint density at radius 1 is 0.833 bits per heavy atom. The summed E-state index contributed by atoms with van der Waals surface area (Å²) in [4.78, 5) is 9.74. The first-order chi connectivity index (χ1) is 11.7. The summed E-state index contributed by atoms with van der Waals surface area (Å²) in [7, 11) is 0. The van der Waals surface area contributed by atoms with Crippen LogP contribution in [0.15, 0.2) is 60.2 Å². The van der Waals surface area contributed by atoms with E-state index in [1.165, 1.54) is 0 Å². The zero-order valence-corrected chi connectivity index (χ0v) is 14.7. The highest BCUT2D eigenvalue weighted by Gasteiger charge is 2.13. The molecule has 0 saturated heterocycles. The fraction of sp³-hybridized carbons (Fsp3) is 0. The molecule has 0 aliphatic carbocycles. The van der Waals surface area contributed by atoms with Crippen LogP contribution in [0, 0.1) is 0 Å². The number of thiophene rings is 1. The number of hydrogen-bond acceptors (Lipinski definition) is 4. The van der Waals surface area contributed by atoms with Gasteiger partial charge >= 0.3 is 0 Å². The summed E-state index contributed by atoms with van der Waals surface area (Å²) in [6, 6.07) is 15.3. The maximum absolute atomic E-state index is 6.00. The SMILES string of the molecule is Clc1ccc(Nc2ncnc3scc(-c4ccc(Cl)cc4)c23)cc1. The number of halogens is 2. The van der Waals surface area contributed by atoms with Gasteiger partial charge in [-0.2, -0.15) is 0 Å². The van der Waals surface area contributed by atoms with Crippen LogP contribution in [0.5, 0.6) is 0 Å². The lowest BCUT2D eigenvalue weighted by Gasteiger charge is -2.08. The second-order valence-corrected chi connectivity index (χ2v) is 6.92. The third-order valence-corrected chi connectivity index (χ3v) is 5.02. The van der Waals surface area contributed by atoms with Gasteiger partial charge in [0.25, 0.3) is 0 Å². The predicted octanol–water partition coefficient (Wildman–Crippen LogP) is 6.41. The molecule has 0 atom stereocenters. The van der Waals surface area contributed by atoms with Crippen LogP contribution in [0.2, 0.25) is 10.0 Å². The molecule has 2 heterocycles. The van der Waals surface area contributed by atoms with Gasteiger partial charge in [-0.3, -0.25) is 0 Å². The minimum Gasteiger partial charge on any atom is -0.340 e. The molecular weight excluding hydrogens is 361 g/mol. The van der Waals surface area contributed by atoms with Crippen LogP contribution >= 0.6 is 34.5 Å². The number of aromatic nitrogens is 2. The summed E-state index contributed by atoms with van der Waals surface area (Å²) in [5.74, 6) is 0.772. The zero-order valence-electron chi connectivity index (χ0n) is 12.3. The molecule has 2 aromatic heterocycles. The molecule has 4 rings (SSSR count). The third-order valence-electron chi connectivity index (χ3n) is 3.63. The molecule has 6 heteroatoms. The molecule has 24 heavy (non-hydrogen) atoms. The Morgan fingerprint density at radius 2 is 1.50 bits per heavy atom.